The Hall–Kier alpha value is -1.36. The molecule has 0 spiro atoms. The second kappa shape index (κ2) is 3.36. The molecular weight excluding hydrogens is 184 g/mol. The lowest BCUT2D eigenvalue weighted by Crippen LogP contribution is -2.12. The van der Waals surface area contributed by atoms with Crippen LogP contribution in [0, 0.1) is 10.1 Å². The molecule has 1 heterocycles. The predicted molar refractivity (Wildman–Crippen MR) is 43.3 cm³/mol. The van der Waals surface area contributed by atoms with Crippen molar-refractivity contribution in [2.45, 2.75) is 5.88 Å². The van der Waals surface area contributed by atoms with Crippen LogP contribution in [-0.4, -0.2) is 9.91 Å². The summed E-state index contributed by atoms with van der Waals surface area (Å²) in [6, 6.07) is 1.21. The molecule has 0 aromatic carbocycles. The van der Waals surface area contributed by atoms with Gasteiger partial charge in [-0.25, -0.2) is 0 Å². The van der Waals surface area contributed by atoms with E-state index in [1.807, 2.05) is 0 Å². The van der Waals surface area contributed by atoms with Gasteiger partial charge in [-0.3, -0.25) is 14.9 Å². The molecule has 0 atom stereocenters. The van der Waals surface area contributed by atoms with Crippen molar-refractivity contribution in [2.75, 3.05) is 0 Å². The van der Waals surface area contributed by atoms with Crippen LogP contribution >= 0.6 is 11.6 Å². The highest BCUT2D eigenvalue weighted by Gasteiger charge is 2.14. The second-order valence-electron chi connectivity index (χ2n) is 2.06. The first-order valence-corrected chi connectivity index (χ1v) is 3.61. The van der Waals surface area contributed by atoms with Crippen LogP contribution < -0.4 is 5.56 Å². The standard InChI is InChI=1S/C6H5ClN2O3/c7-3-4-5(9(11)12)1-2-8-6(4)10/h1-2H,3H2,(H,8,10). The van der Waals surface area contributed by atoms with E-state index in [0.717, 1.165) is 0 Å². The molecule has 0 aliphatic rings. The maximum absolute atomic E-state index is 10.9. The van der Waals surface area contributed by atoms with Crippen molar-refractivity contribution < 1.29 is 4.92 Å². The van der Waals surface area contributed by atoms with Crippen LogP contribution in [0.3, 0.4) is 0 Å². The summed E-state index contributed by atoms with van der Waals surface area (Å²) in [4.78, 5) is 22.9. The molecule has 0 saturated carbocycles. The fourth-order valence-corrected chi connectivity index (χ4v) is 1.06. The first kappa shape index (κ1) is 8.73. The molecule has 1 aromatic rings. The maximum atomic E-state index is 10.9. The summed E-state index contributed by atoms with van der Waals surface area (Å²) in [5.41, 5.74) is -0.767. The molecule has 0 bridgehead atoms. The molecule has 0 saturated heterocycles. The minimum atomic E-state index is -0.632. The van der Waals surface area contributed by atoms with Gasteiger partial charge in [0.15, 0.2) is 0 Å². The Labute approximate surface area is 72.1 Å². The molecule has 12 heavy (non-hydrogen) atoms. The van der Waals surface area contributed by atoms with E-state index in [9.17, 15) is 14.9 Å². The number of nitro groups is 1. The summed E-state index contributed by atoms with van der Waals surface area (Å²) in [6.07, 6.45) is 1.22. The quantitative estimate of drug-likeness (QED) is 0.428. The average molecular weight is 189 g/mol. The zero-order valence-corrected chi connectivity index (χ0v) is 6.67. The van der Waals surface area contributed by atoms with Crippen LogP contribution in [0.5, 0.6) is 0 Å². The van der Waals surface area contributed by atoms with Crippen molar-refractivity contribution in [1.82, 2.24) is 4.98 Å². The highest BCUT2D eigenvalue weighted by atomic mass is 35.5. The third-order valence-corrected chi connectivity index (χ3v) is 1.64. The average Bonchev–Trinajstić information content (AvgIpc) is 2.03. The number of rotatable bonds is 2. The molecule has 64 valence electrons. The first-order valence-electron chi connectivity index (χ1n) is 3.07. The highest BCUT2D eigenvalue weighted by Crippen LogP contribution is 2.14. The summed E-state index contributed by atoms with van der Waals surface area (Å²) < 4.78 is 0. The van der Waals surface area contributed by atoms with Crippen molar-refractivity contribution in [2.24, 2.45) is 0 Å². The molecule has 6 heteroatoms. The number of hydrogen-bond acceptors (Lipinski definition) is 3. The van der Waals surface area contributed by atoms with Crippen molar-refractivity contribution >= 4 is 17.3 Å². The van der Waals surface area contributed by atoms with Gasteiger partial charge in [0.05, 0.1) is 10.8 Å². The SMILES string of the molecule is O=c1[nH]ccc([N+](=O)[O-])c1CCl. The Morgan fingerprint density at radius 3 is 2.75 bits per heavy atom. The second-order valence-corrected chi connectivity index (χ2v) is 2.33. The molecule has 5 nitrogen and oxygen atoms in total. The Kier molecular flexibility index (Phi) is 2.44. The van der Waals surface area contributed by atoms with Gasteiger partial charge in [-0.15, -0.1) is 11.6 Å². The number of aromatic amines is 1. The summed E-state index contributed by atoms with van der Waals surface area (Å²) in [7, 11) is 0. The molecular formula is C6H5ClN2O3. The van der Waals surface area contributed by atoms with Crippen LogP contribution in [0.2, 0.25) is 0 Å². The Bertz CT molecular complexity index is 360. The number of aromatic nitrogens is 1. The third-order valence-electron chi connectivity index (χ3n) is 1.37. The van der Waals surface area contributed by atoms with Crippen LogP contribution in [0.4, 0.5) is 5.69 Å². The van der Waals surface area contributed by atoms with Crippen molar-refractivity contribution in [3.8, 4) is 0 Å². The van der Waals surface area contributed by atoms with Crippen molar-refractivity contribution in [1.29, 1.82) is 0 Å². The lowest BCUT2D eigenvalue weighted by atomic mass is 10.2. The summed E-state index contributed by atoms with van der Waals surface area (Å²) in [6.45, 7) is 0. The van der Waals surface area contributed by atoms with E-state index in [2.05, 4.69) is 4.98 Å². The third kappa shape index (κ3) is 1.45. The van der Waals surface area contributed by atoms with Gasteiger partial charge in [-0.05, 0) is 0 Å². The fourth-order valence-electron chi connectivity index (χ4n) is 0.801. The van der Waals surface area contributed by atoms with Crippen LogP contribution in [0.25, 0.3) is 0 Å². The van der Waals surface area contributed by atoms with Gasteiger partial charge in [0, 0.05) is 12.3 Å². The summed E-state index contributed by atoms with van der Waals surface area (Å²) in [5, 5.41) is 10.3. The number of nitrogens with one attached hydrogen (secondary N) is 1. The molecule has 0 aliphatic carbocycles. The number of H-pyrrole nitrogens is 1. The smallest absolute Gasteiger partial charge is 0.280 e. The van der Waals surface area contributed by atoms with Gasteiger partial charge >= 0.3 is 0 Å². The Morgan fingerprint density at radius 2 is 2.33 bits per heavy atom. The van der Waals surface area contributed by atoms with Gasteiger partial charge in [-0.1, -0.05) is 0 Å². The molecule has 1 rings (SSSR count). The molecule has 1 aromatic heterocycles. The minimum Gasteiger partial charge on any atom is -0.328 e. The zero-order valence-electron chi connectivity index (χ0n) is 5.91. The van der Waals surface area contributed by atoms with E-state index < -0.39 is 10.5 Å². The lowest BCUT2D eigenvalue weighted by molar-refractivity contribution is -0.385. The lowest BCUT2D eigenvalue weighted by Gasteiger charge is -1.95. The number of nitrogens with zero attached hydrogens (tertiary/aromatic N) is 1. The zero-order chi connectivity index (χ0) is 9.14. The fraction of sp³-hybridized carbons (Fsp3) is 0.167. The van der Waals surface area contributed by atoms with E-state index >= 15 is 0 Å². The molecule has 0 aliphatic heterocycles. The van der Waals surface area contributed by atoms with Gasteiger partial charge in [0.2, 0.25) is 0 Å². The monoisotopic (exact) mass is 188 g/mol. The van der Waals surface area contributed by atoms with Crippen LogP contribution in [-0.2, 0) is 5.88 Å². The topological polar surface area (TPSA) is 76.0 Å². The van der Waals surface area contributed by atoms with E-state index in [1.165, 1.54) is 12.3 Å². The predicted octanol–water partition coefficient (Wildman–Crippen LogP) is 1.02. The molecule has 0 amide bonds. The molecule has 0 fully saturated rings. The minimum absolute atomic E-state index is 0.0100. The van der Waals surface area contributed by atoms with E-state index in [-0.39, 0.29) is 17.1 Å². The first-order chi connectivity index (χ1) is 5.66. The summed E-state index contributed by atoms with van der Waals surface area (Å²) in [5.74, 6) is -0.160. The maximum Gasteiger partial charge on any atom is 0.280 e. The van der Waals surface area contributed by atoms with Crippen molar-refractivity contribution in [3.63, 3.8) is 0 Å². The number of alkyl halides is 1. The van der Waals surface area contributed by atoms with Gasteiger partial charge in [0.1, 0.15) is 5.56 Å². The Balaban J connectivity index is 3.38. The molecule has 0 radical (unpaired) electrons. The van der Waals surface area contributed by atoms with E-state index in [1.54, 1.807) is 0 Å². The van der Waals surface area contributed by atoms with Crippen LogP contribution in [0.15, 0.2) is 17.1 Å². The van der Waals surface area contributed by atoms with E-state index in [0.29, 0.717) is 0 Å². The van der Waals surface area contributed by atoms with Gasteiger partial charge < -0.3 is 4.98 Å². The molecule has 1 N–H and O–H groups in total. The molecule has 0 unspecified atom stereocenters. The largest absolute Gasteiger partial charge is 0.328 e. The normalized spacial score (nSPS) is 9.75. The Morgan fingerprint density at radius 1 is 1.67 bits per heavy atom. The van der Waals surface area contributed by atoms with E-state index in [4.69, 9.17) is 11.6 Å². The van der Waals surface area contributed by atoms with Crippen molar-refractivity contribution in [3.05, 3.63) is 38.3 Å². The highest BCUT2D eigenvalue weighted by molar-refractivity contribution is 6.17. The van der Waals surface area contributed by atoms with Gasteiger partial charge in [-0.2, -0.15) is 0 Å². The number of halogens is 1. The van der Waals surface area contributed by atoms with Crippen LogP contribution in [0.1, 0.15) is 5.56 Å². The summed E-state index contributed by atoms with van der Waals surface area (Å²) >= 11 is 5.36. The van der Waals surface area contributed by atoms with Gasteiger partial charge in [0.25, 0.3) is 11.2 Å². The number of pyridine rings is 1. The number of hydrogen-bond donors (Lipinski definition) is 1.